The first-order valence-corrected chi connectivity index (χ1v) is 9.17. The number of aryl methyl sites for hydroxylation is 1. The molecule has 0 bridgehead atoms. The predicted molar refractivity (Wildman–Crippen MR) is 110 cm³/mol. The smallest absolute Gasteiger partial charge is 0.291 e. The summed E-state index contributed by atoms with van der Waals surface area (Å²) < 4.78 is 12.8. The quantitative estimate of drug-likeness (QED) is 0.321. The second-order valence-electron chi connectivity index (χ2n) is 5.27. The normalized spacial score (nSPS) is 10.2. The topological polar surface area (TPSA) is 89.4 Å². The number of methoxy groups -OCH3 is 2. The first-order chi connectivity index (χ1) is 12.4. The highest BCUT2D eigenvalue weighted by Gasteiger charge is 2.14. The van der Waals surface area contributed by atoms with E-state index in [4.69, 9.17) is 21.7 Å². The Kier molecular flexibility index (Phi) is 7.45. The van der Waals surface area contributed by atoms with Gasteiger partial charge in [0.05, 0.1) is 17.8 Å². The fourth-order valence-corrected chi connectivity index (χ4v) is 3.10. The van der Waals surface area contributed by atoms with Gasteiger partial charge in [0.2, 0.25) is 0 Å². The van der Waals surface area contributed by atoms with Gasteiger partial charge in [-0.15, -0.1) is 0 Å². The van der Waals surface area contributed by atoms with Crippen molar-refractivity contribution in [2.24, 2.45) is 7.05 Å². The van der Waals surface area contributed by atoms with Crippen LogP contribution in [0, 0.1) is 3.57 Å². The van der Waals surface area contributed by atoms with Gasteiger partial charge in [-0.3, -0.25) is 20.3 Å². The van der Waals surface area contributed by atoms with E-state index in [2.05, 4.69) is 43.9 Å². The fraction of sp³-hybridized carbons (Fsp3) is 0.312. The molecule has 2 rings (SSSR count). The van der Waals surface area contributed by atoms with Crippen molar-refractivity contribution in [3.8, 4) is 11.5 Å². The second-order valence-corrected chi connectivity index (χ2v) is 6.84. The lowest BCUT2D eigenvalue weighted by Gasteiger charge is -2.12. The molecule has 1 aromatic carbocycles. The lowest BCUT2D eigenvalue weighted by atomic mass is 10.1. The number of benzene rings is 1. The van der Waals surface area contributed by atoms with Crippen molar-refractivity contribution < 1.29 is 14.3 Å². The highest BCUT2D eigenvalue weighted by atomic mass is 127. The number of nitrogens with one attached hydrogen (secondary N) is 3. The van der Waals surface area contributed by atoms with E-state index < -0.39 is 0 Å². The summed E-state index contributed by atoms with van der Waals surface area (Å²) in [5.74, 6) is 1.02. The van der Waals surface area contributed by atoms with Crippen LogP contribution in [0.15, 0.2) is 24.4 Å². The number of rotatable bonds is 6. The molecule has 0 fully saturated rings. The molecule has 0 aliphatic carbocycles. The van der Waals surface area contributed by atoms with Crippen molar-refractivity contribution in [3.63, 3.8) is 0 Å². The SMILES string of the molecule is COc1ccc(CCNC(=S)NNC(=O)c2nn(C)cc2I)cc1OC. The molecule has 10 heteroatoms. The van der Waals surface area contributed by atoms with Crippen LogP contribution in [0.5, 0.6) is 11.5 Å². The molecule has 8 nitrogen and oxygen atoms in total. The Morgan fingerprint density at radius 2 is 2.00 bits per heavy atom. The van der Waals surface area contributed by atoms with Crippen molar-refractivity contribution >= 4 is 45.8 Å². The lowest BCUT2D eigenvalue weighted by Crippen LogP contribution is -2.47. The lowest BCUT2D eigenvalue weighted by molar-refractivity contribution is 0.0937. The fourth-order valence-electron chi connectivity index (χ4n) is 2.19. The number of ether oxygens (including phenoxy) is 2. The standard InChI is InChI=1S/C16H20IN5O3S/c1-22-9-11(17)14(21-22)15(23)19-20-16(26)18-7-6-10-4-5-12(24-2)13(8-10)25-3/h4-5,8-9H,6-7H2,1-3H3,(H,19,23)(H2,18,20,26). The van der Waals surface area contributed by atoms with Crippen LogP contribution in [0.4, 0.5) is 0 Å². The van der Waals surface area contributed by atoms with Gasteiger partial charge in [0.15, 0.2) is 22.3 Å². The molecule has 0 saturated carbocycles. The number of hydrogen-bond acceptors (Lipinski definition) is 5. The summed E-state index contributed by atoms with van der Waals surface area (Å²) in [6.07, 6.45) is 2.49. The Bertz CT molecular complexity index is 796. The van der Waals surface area contributed by atoms with Crippen molar-refractivity contribution in [1.29, 1.82) is 0 Å². The van der Waals surface area contributed by atoms with E-state index >= 15 is 0 Å². The van der Waals surface area contributed by atoms with Crippen LogP contribution in [0.3, 0.4) is 0 Å². The third-order valence-electron chi connectivity index (χ3n) is 3.44. The number of nitrogens with zero attached hydrogens (tertiary/aromatic N) is 2. The third kappa shape index (κ3) is 5.46. The van der Waals surface area contributed by atoms with E-state index in [1.807, 2.05) is 18.2 Å². The Morgan fingerprint density at radius 1 is 1.27 bits per heavy atom. The van der Waals surface area contributed by atoms with Gasteiger partial charge in [0.1, 0.15) is 0 Å². The Balaban J connectivity index is 1.77. The van der Waals surface area contributed by atoms with Crippen LogP contribution in [-0.4, -0.2) is 41.6 Å². The Morgan fingerprint density at radius 3 is 2.62 bits per heavy atom. The van der Waals surface area contributed by atoms with Gasteiger partial charge in [-0.25, -0.2) is 0 Å². The molecule has 1 heterocycles. The summed E-state index contributed by atoms with van der Waals surface area (Å²) in [5.41, 5.74) is 6.61. The molecule has 0 unspecified atom stereocenters. The molecule has 2 aromatic rings. The molecule has 0 spiro atoms. The molecule has 3 N–H and O–H groups in total. The molecule has 0 atom stereocenters. The number of carbonyl (C=O) groups excluding carboxylic acids is 1. The number of carbonyl (C=O) groups is 1. The first-order valence-electron chi connectivity index (χ1n) is 7.68. The van der Waals surface area contributed by atoms with Crippen LogP contribution in [0.2, 0.25) is 0 Å². The molecule has 1 amide bonds. The van der Waals surface area contributed by atoms with Gasteiger partial charge in [0, 0.05) is 19.8 Å². The summed E-state index contributed by atoms with van der Waals surface area (Å²) in [6, 6.07) is 5.74. The first kappa shape index (κ1) is 20.2. The van der Waals surface area contributed by atoms with E-state index in [1.165, 1.54) is 0 Å². The Labute approximate surface area is 170 Å². The zero-order chi connectivity index (χ0) is 19.1. The van der Waals surface area contributed by atoms with E-state index in [0.717, 1.165) is 15.6 Å². The number of hydrogen-bond donors (Lipinski definition) is 3. The van der Waals surface area contributed by atoms with E-state index in [0.29, 0.717) is 28.9 Å². The predicted octanol–water partition coefficient (Wildman–Crippen LogP) is 1.39. The number of aromatic nitrogens is 2. The summed E-state index contributed by atoms with van der Waals surface area (Å²) in [6.45, 7) is 0.596. The minimum atomic E-state index is -0.348. The molecule has 0 saturated heterocycles. The maximum Gasteiger partial charge on any atom is 0.291 e. The molecular weight excluding hydrogens is 469 g/mol. The van der Waals surface area contributed by atoms with E-state index in [9.17, 15) is 4.79 Å². The van der Waals surface area contributed by atoms with Gasteiger partial charge < -0.3 is 14.8 Å². The van der Waals surface area contributed by atoms with Gasteiger partial charge >= 0.3 is 0 Å². The zero-order valence-electron chi connectivity index (χ0n) is 14.6. The van der Waals surface area contributed by atoms with Crippen LogP contribution in [-0.2, 0) is 13.5 Å². The minimum absolute atomic E-state index is 0.324. The molecule has 0 aliphatic heterocycles. The van der Waals surface area contributed by atoms with Crippen LogP contribution in [0.25, 0.3) is 0 Å². The number of thiocarbonyl (C=S) groups is 1. The van der Waals surface area contributed by atoms with Crippen molar-refractivity contribution in [3.05, 3.63) is 39.2 Å². The summed E-state index contributed by atoms with van der Waals surface area (Å²) in [7, 11) is 4.96. The second kappa shape index (κ2) is 9.57. The molecule has 1 aromatic heterocycles. The van der Waals surface area contributed by atoms with Crippen LogP contribution >= 0.6 is 34.8 Å². The van der Waals surface area contributed by atoms with Crippen molar-refractivity contribution in [2.75, 3.05) is 20.8 Å². The maximum absolute atomic E-state index is 12.0. The van der Waals surface area contributed by atoms with Gasteiger partial charge in [-0.05, 0) is 58.9 Å². The van der Waals surface area contributed by atoms with Crippen LogP contribution < -0.4 is 25.6 Å². The largest absolute Gasteiger partial charge is 0.493 e. The highest BCUT2D eigenvalue weighted by Crippen LogP contribution is 2.27. The number of halogens is 1. The maximum atomic E-state index is 12.0. The van der Waals surface area contributed by atoms with Gasteiger partial charge in [0.25, 0.3) is 5.91 Å². The molecule has 26 heavy (non-hydrogen) atoms. The summed E-state index contributed by atoms with van der Waals surface area (Å²) in [5, 5.41) is 7.45. The van der Waals surface area contributed by atoms with Crippen molar-refractivity contribution in [2.45, 2.75) is 6.42 Å². The van der Waals surface area contributed by atoms with Crippen molar-refractivity contribution in [1.82, 2.24) is 25.9 Å². The van der Waals surface area contributed by atoms with Gasteiger partial charge in [-0.1, -0.05) is 6.07 Å². The Hall–Kier alpha value is -2.08. The molecule has 0 aliphatic rings. The van der Waals surface area contributed by atoms with Crippen LogP contribution in [0.1, 0.15) is 16.1 Å². The summed E-state index contributed by atoms with van der Waals surface area (Å²) in [4.78, 5) is 12.0. The monoisotopic (exact) mass is 489 g/mol. The molecular formula is C16H20IN5O3S. The average molecular weight is 489 g/mol. The minimum Gasteiger partial charge on any atom is -0.493 e. The van der Waals surface area contributed by atoms with E-state index in [1.54, 1.807) is 32.1 Å². The zero-order valence-corrected chi connectivity index (χ0v) is 17.6. The average Bonchev–Trinajstić information content (AvgIpc) is 2.97. The third-order valence-corrected chi connectivity index (χ3v) is 4.47. The molecule has 0 radical (unpaired) electrons. The number of amides is 1. The summed E-state index contributed by atoms with van der Waals surface area (Å²) >= 11 is 7.21. The molecule has 140 valence electrons. The van der Waals surface area contributed by atoms with E-state index in [-0.39, 0.29) is 5.91 Å². The van der Waals surface area contributed by atoms with Gasteiger partial charge in [-0.2, -0.15) is 5.10 Å². The highest BCUT2D eigenvalue weighted by molar-refractivity contribution is 14.1. The number of hydrazine groups is 1.